The van der Waals surface area contributed by atoms with Gasteiger partial charge in [0.05, 0.1) is 5.69 Å². The van der Waals surface area contributed by atoms with Gasteiger partial charge in [-0.3, -0.25) is 9.27 Å². The average Bonchev–Trinajstić information content (AvgIpc) is 2.53. The Kier molecular flexibility index (Phi) is 4.52. The van der Waals surface area contributed by atoms with Gasteiger partial charge in [-0.1, -0.05) is 23.7 Å². The van der Waals surface area contributed by atoms with E-state index in [-0.39, 0.29) is 0 Å². The molecule has 1 heterocycles. The molecule has 1 aliphatic heterocycles. The predicted molar refractivity (Wildman–Crippen MR) is 93.8 cm³/mol. The summed E-state index contributed by atoms with van der Waals surface area (Å²) in [5.74, 6) is 1.34. The first-order valence-electron chi connectivity index (χ1n) is 6.90. The lowest BCUT2D eigenvalue weighted by Gasteiger charge is -2.21. The van der Waals surface area contributed by atoms with Gasteiger partial charge in [-0.05, 0) is 54.5 Å². The Labute approximate surface area is 141 Å². The number of fused-ring (bicyclic) bond motifs is 1. The van der Waals surface area contributed by atoms with Crippen LogP contribution in [0.3, 0.4) is 0 Å². The summed E-state index contributed by atoms with van der Waals surface area (Å²) >= 11 is 3.83. The van der Waals surface area contributed by atoms with Gasteiger partial charge in [0.1, 0.15) is 11.5 Å². The molecule has 0 spiro atoms. The highest BCUT2D eigenvalue weighted by molar-refractivity contribution is 7.80. The van der Waals surface area contributed by atoms with Crippen molar-refractivity contribution in [2.75, 3.05) is 4.72 Å². The monoisotopic (exact) mass is 347 g/mol. The molecule has 118 valence electrons. The van der Waals surface area contributed by atoms with Crippen LogP contribution in [0.15, 0.2) is 60.4 Å². The van der Waals surface area contributed by atoms with Crippen LogP contribution < -0.4 is 9.46 Å². The summed E-state index contributed by atoms with van der Waals surface area (Å²) in [6.45, 7) is 1.89. The number of anilines is 1. The molecule has 0 bridgehead atoms. The zero-order chi connectivity index (χ0) is 16.4. The van der Waals surface area contributed by atoms with E-state index < -0.39 is 11.3 Å². The first-order valence-corrected chi connectivity index (χ1v) is 8.39. The van der Waals surface area contributed by atoms with E-state index in [1.807, 2.05) is 49.4 Å². The lowest BCUT2D eigenvalue weighted by Crippen LogP contribution is -2.06. The van der Waals surface area contributed by atoms with Gasteiger partial charge in [0.15, 0.2) is 0 Å². The van der Waals surface area contributed by atoms with Gasteiger partial charge in [0.2, 0.25) is 0 Å². The van der Waals surface area contributed by atoms with Crippen LogP contribution in [0.5, 0.6) is 5.75 Å². The van der Waals surface area contributed by atoms with Crippen molar-refractivity contribution in [2.24, 2.45) is 0 Å². The zero-order valence-corrected chi connectivity index (χ0v) is 13.8. The number of allylic oxidation sites excluding steroid dienone is 2. The molecule has 2 aromatic rings. The molecule has 0 fully saturated rings. The number of hydrogen-bond acceptors (Lipinski definition) is 2. The minimum Gasteiger partial charge on any atom is -0.457 e. The molecule has 23 heavy (non-hydrogen) atoms. The van der Waals surface area contributed by atoms with Gasteiger partial charge in [-0.2, -0.15) is 0 Å². The number of benzene rings is 2. The van der Waals surface area contributed by atoms with Crippen molar-refractivity contribution in [3.05, 3.63) is 76.5 Å². The van der Waals surface area contributed by atoms with E-state index in [0.717, 1.165) is 16.7 Å². The molecule has 0 saturated heterocycles. The van der Waals surface area contributed by atoms with E-state index in [2.05, 4.69) is 4.72 Å². The molecule has 3 rings (SSSR count). The van der Waals surface area contributed by atoms with E-state index in [4.69, 9.17) is 20.9 Å². The highest BCUT2D eigenvalue weighted by Crippen LogP contribution is 2.39. The second kappa shape index (κ2) is 6.58. The molecule has 2 aromatic carbocycles. The molecular weight excluding hydrogens is 334 g/mol. The SMILES string of the molecule is C/C=C1/C=C(c2ccc(Cl)cc2)c2ccc(NS(=O)O)cc2O1. The Morgan fingerprint density at radius 3 is 2.61 bits per heavy atom. The van der Waals surface area contributed by atoms with Crippen molar-refractivity contribution in [3.63, 3.8) is 0 Å². The van der Waals surface area contributed by atoms with E-state index in [1.54, 1.807) is 12.1 Å². The van der Waals surface area contributed by atoms with Gasteiger partial charge in [-0.15, -0.1) is 0 Å². The van der Waals surface area contributed by atoms with Crippen LogP contribution in [0, 0.1) is 0 Å². The number of nitrogens with one attached hydrogen (secondary N) is 1. The number of ether oxygens (including phenoxy) is 1. The van der Waals surface area contributed by atoms with Crippen LogP contribution in [-0.4, -0.2) is 8.76 Å². The average molecular weight is 348 g/mol. The van der Waals surface area contributed by atoms with Crippen LogP contribution in [0.2, 0.25) is 5.02 Å². The van der Waals surface area contributed by atoms with E-state index in [0.29, 0.717) is 22.2 Å². The molecular formula is C17H14ClNO3S. The third kappa shape index (κ3) is 3.47. The molecule has 0 amide bonds. The molecule has 2 N–H and O–H groups in total. The van der Waals surface area contributed by atoms with Crippen molar-refractivity contribution >= 4 is 34.1 Å². The molecule has 1 unspecified atom stereocenters. The van der Waals surface area contributed by atoms with Gasteiger partial charge in [-0.25, -0.2) is 4.21 Å². The molecule has 4 nitrogen and oxygen atoms in total. The number of halogens is 1. The lowest BCUT2D eigenvalue weighted by atomic mass is 9.94. The van der Waals surface area contributed by atoms with Crippen LogP contribution in [0.1, 0.15) is 18.1 Å². The van der Waals surface area contributed by atoms with Gasteiger partial charge in [0.25, 0.3) is 11.3 Å². The quantitative estimate of drug-likeness (QED) is 0.797. The van der Waals surface area contributed by atoms with Crippen molar-refractivity contribution in [1.82, 2.24) is 0 Å². The van der Waals surface area contributed by atoms with Crippen LogP contribution in [-0.2, 0) is 11.3 Å². The second-order valence-electron chi connectivity index (χ2n) is 4.92. The molecule has 0 radical (unpaired) electrons. The summed E-state index contributed by atoms with van der Waals surface area (Å²) in [6.07, 6.45) is 3.83. The van der Waals surface area contributed by atoms with Crippen molar-refractivity contribution in [1.29, 1.82) is 0 Å². The maximum Gasteiger partial charge on any atom is 0.259 e. The fourth-order valence-corrected chi connectivity index (χ4v) is 2.84. The molecule has 1 atom stereocenters. The van der Waals surface area contributed by atoms with E-state index in [1.165, 1.54) is 0 Å². The maximum atomic E-state index is 10.9. The first kappa shape index (κ1) is 15.8. The van der Waals surface area contributed by atoms with E-state index in [9.17, 15) is 4.21 Å². The summed E-state index contributed by atoms with van der Waals surface area (Å²) in [6, 6.07) is 12.9. The van der Waals surface area contributed by atoms with E-state index >= 15 is 0 Å². The molecule has 0 saturated carbocycles. The summed E-state index contributed by atoms with van der Waals surface area (Å²) in [5, 5.41) is 0.679. The normalized spacial score (nSPS) is 16.3. The first-order chi connectivity index (χ1) is 11.1. The van der Waals surface area contributed by atoms with Crippen LogP contribution in [0.25, 0.3) is 5.57 Å². The van der Waals surface area contributed by atoms with Crippen molar-refractivity contribution in [2.45, 2.75) is 6.92 Å². The van der Waals surface area contributed by atoms with Crippen molar-refractivity contribution < 1.29 is 13.5 Å². The largest absolute Gasteiger partial charge is 0.457 e. The third-order valence-electron chi connectivity index (χ3n) is 3.43. The zero-order valence-electron chi connectivity index (χ0n) is 12.2. The van der Waals surface area contributed by atoms with Gasteiger partial charge >= 0.3 is 0 Å². The van der Waals surface area contributed by atoms with Crippen LogP contribution in [0.4, 0.5) is 5.69 Å². The number of rotatable bonds is 3. The van der Waals surface area contributed by atoms with Gasteiger partial charge in [0, 0.05) is 16.7 Å². The second-order valence-corrected chi connectivity index (χ2v) is 6.06. The third-order valence-corrected chi connectivity index (χ3v) is 4.09. The lowest BCUT2D eigenvalue weighted by molar-refractivity contribution is 0.438. The fourth-order valence-electron chi connectivity index (χ4n) is 2.38. The summed E-state index contributed by atoms with van der Waals surface area (Å²) < 4.78 is 28.1. The molecule has 0 aromatic heterocycles. The van der Waals surface area contributed by atoms with Gasteiger partial charge < -0.3 is 4.74 Å². The Morgan fingerprint density at radius 1 is 1.22 bits per heavy atom. The summed E-state index contributed by atoms with van der Waals surface area (Å²) in [5.41, 5.74) is 3.45. The Bertz CT molecular complexity index is 828. The highest BCUT2D eigenvalue weighted by Gasteiger charge is 2.18. The topological polar surface area (TPSA) is 58.6 Å². The highest BCUT2D eigenvalue weighted by atomic mass is 35.5. The maximum absolute atomic E-state index is 10.9. The molecule has 0 aliphatic carbocycles. The van der Waals surface area contributed by atoms with Crippen molar-refractivity contribution in [3.8, 4) is 5.75 Å². The standard InChI is InChI=1S/C17H14ClNO3S/c1-2-14-10-16(11-3-5-12(18)6-4-11)15-8-7-13(19-23(20)21)9-17(15)22-14/h2-10,19H,1H3,(H,20,21)/b14-2-. The molecule has 6 heteroatoms. The predicted octanol–water partition coefficient (Wildman–Crippen LogP) is 4.62. The smallest absolute Gasteiger partial charge is 0.259 e. The Balaban J connectivity index is 2.08. The minimum atomic E-state index is -2.12. The Morgan fingerprint density at radius 2 is 1.96 bits per heavy atom. The molecule has 1 aliphatic rings. The fraction of sp³-hybridized carbons (Fsp3) is 0.0588. The van der Waals surface area contributed by atoms with Crippen LogP contribution >= 0.6 is 11.6 Å². The summed E-state index contributed by atoms with van der Waals surface area (Å²) in [4.78, 5) is 0. The minimum absolute atomic E-state index is 0.511. The summed E-state index contributed by atoms with van der Waals surface area (Å²) in [7, 11) is 0. The number of hydrogen-bond donors (Lipinski definition) is 2. The Hall–Kier alpha value is -2.08.